The Bertz CT molecular complexity index is 321. The predicted octanol–water partition coefficient (Wildman–Crippen LogP) is 0.666. The van der Waals surface area contributed by atoms with E-state index in [0.717, 1.165) is 0 Å². The highest BCUT2D eigenvalue weighted by Gasteiger charge is 2.46. The minimum Gasteiger partial charge on any atom is -0.444 e. The van der Waals surface area contributed by atoms with Crippen molar-refractivity contribution in [2.24, 2.45) is 0 Å². The van der Waals surface area contributed by atoms with Crippen LogP contribution in [-0.2, 0) is 9.53 Å². The van der Waals surface area contributed by atoms with Gasteiger partial charge in [0.15, 0.2) is 0 Å². The normalized spacial score (nSPS) is 24.8. The van der Waals surface area contributed by atoms with Crippen LogP contribution >= 0.6 is 0 Å². The van der Waals surface area contributed by atoms with Crippen LogP contribution in [0.15, 0.2) is 12.7 Å². The highest BCUT2D eigenvalue weighted by Crippen LogP contribution is 2.18. The molecule has 2 unspecified atom stereocenters. The summed E-state index contributed by atoms with van der Waals surface area (Å²) >= 11 is 0. The molecule has 2 atom stereocenters. The summed E-state index contributed by atoms with van der Waals surface area (Å²) in [5.41, 5.74) is -0.626. The molecule has 1 aliphatic heterocycles. The van der Waals surface area contributed by atoms with Crippen molar-refractivity contribution in [3.05, 3.63) is 12.7 Å². The molecule has 1 rings (SSSR count). The molecular weight excluding hydrogens is 212 g/mol. The lowest BCUT2D eigenvalue weighted by molar-refractivity contribution is -0.202. The third kappa shape index (κ3) is 2.52. The molecule has 0 aromatic carbocycles. The molecule has 1 fully saturated rings. The molecule has 0 spiro atoms. The van der Waals surface area contributed by atoms with E-state index in [1.165, 1.54) is 6.08 Å². The lowest BCUT2D eigenvalue weighted by atomic mass is 9.99. The lowest BCUT2D eigenvalue weighted by Crippen LogP contribution is -2.69. The van der Waals surface area contributed by atoms with E-state index in [1.807, 2.05) is 0 Å². The number of hydrogen-bond acceptors (Lipinski definition) is 4. The molecule has 0 radical (unpaired) electrons. The Morgan fingerprint density at radius 1 is 1.62 bits per heavy atom. The fourth-order valence-electron chi connectivity index (χ4n) is 1.31. The molecule has 6 heteroatoms. The first kappa shape index (κ1) is 12.5. The first-order valence-electron chi connectivity index (χ1n) is 4.90. The largest absolute Gasteiger partial charge is 0.444 e. The number of nitrogens with zero attached hydrogens (tertiary/aromatic N) is 1. The van der Waals surface area contributed by atoms with Crippen LogP contribution in [0.2, 0.25) is 0 Å². The van der Waals surface area contributed by atoms with Gasteiger partial charge in [0, 0.05) is 0 Å². The zero-order chi connectivity index (χ0) is 12.5. The highest BCUT2D eigenvalue weighted by atomic mass is 16.6. The van der Waals surface area contributed by atoms with Gasteiger partial charge in [-0.15, -0.1) is 6.58 Å². The van der Waals surface area contributed by atoms with E-state index in [4.69, 9.17) is 9.94 Å². The Morgan fingerprint density at radius 3 is 2.62 bits per heavy atom. The maximum Gasteiger partial charge on any atom is 0.408 e. The molecule has 0 aromatic rings. The van der Waals surface area contributed by atoms with Crippen LogP contribution in [0.4, 0.5) is 4.79 Å². The number of hydrogen-bond donors (Lipinski definition) is 2. The first-order chi connectivity index (χ1) is 7.26. The van der Waals surface area contributed by atoms with Crippen molar-refractivity contribution in [2.75, 3.05) is 0 Å². The molecule has 2 N–H and O–H groups in total. The molecule has 16 heavy (non-hydrogen) atoms. The fourth-order valence-corrected chi connectivity index (χ4v) is 1.31. The summed E-state index contributed by atoms with van der Waals surface area (Å²) in [7, 11) is 0. The molecule has 2 amide bonds. The van der Waals surface area contributed by atoms with Gasteiger partial charge in [-0.05, 0) is 20.8 Å². The summed E-state index contributed by atoms with van der Waals surface area (Å²) in [5.74, 6) is -0.573. The standard InChI is InChI=1S/C10H16N2O4/c1-5-6-7(8(13)12(6)15)11-9(14)16-10(2,3)4/h5-7,15H,1H2,2-4H3,(H,11,14). The number of nitrogens with one attached hydrogen (secondary N) is 1. The minimum atomic E-state index is -0.794. The highest BCUT2D eigenvalue weighted by molar-refractivity contribution is 5.92. The van der Waals surface area contributed by atoms with Gasteiger partial charge in [-0.25, -0.2) is 9.86 Å². The van der Waals surface area contributed by atoms with Crippen molar-refractivity contribution in [3.63, 3.8) is 0 Å². The molecule has 90 valence electrons. The van der Waals surface area contributed by atoms with Gasteiger partial charge in [0.1, 0.15) is 17.7 Å². The maximum atomic E-state index is 11.4. The Hall–Kier alpha value is -1.56. The predicted molar refractivity (Wildman–Crippen MR) is 55.8 cm³/mol. The van der Waals surface area contributed by atoms with Crippen LogP contribution in [0.1, 0.15) is 20.8 Å². The number of ether oxygens (including phenoxy) is 1. The minimum absolute atomic E-state index is 0.523. The van der Waals surface area contributed by atoms with Crippen LogP contribution in [0.5, 0.6) is 0 Å². The smallest absolute Gasteiger partial charge is 0.408 e. The van der Waals surface area contributed by atoms with Crippen molar-refractivity contribution < 1.29 is 19.5 Å². The van der Waals surface area contributed by atoms with Gasteiger partial charge >= 0.3 is 6.09 Å². The molecule has 0 saturated carbocycles. The molecular formula is C10H16N2O4. The Morgan fingerprint density at radius 2 is 2.19 bits per heavy atom. The van der Waals surface area contributed by atoms with E-state index in [2.05, 4.69) is 11.9 Å². The average Bonchev–Trinajstić information content (AvgIpc) is 2.14. The second-order valence-electron chi connectivity index (χ2n) is 4.53. The van der Waals surface area contributed by atoms with Crippen LogP contribution < -0.4 is 5.32 Å². The van der Waals surface area contributed by atoms with E-state index < -0.39 is 29.7 Å². The van der Waals surface area contributed by atoms with Gasteiger partial charge in [0.05, 0.1) is 0 Å². The summed E-state index contributed by atoms with van der Waals surface area (Å²) < 4.78 is 4.98. The summed E-state index contributed by atoms with van der Waals surface area (Å²) in [6.07, 6.45) is 0.689. The number of carbonyl (C=O) groups excluding carboxylic acids is 2. The summed E-state index contributed by atoms with van der Waals surface area (Å²) in [6.45, 7) is 8.62. The molecule has 0 aliphatic carbocycles. The number of rotatable bonds is 2. The van der Waals surface area contributed by atoms with Crippen LogP contribution in [0.25, 0.3) is 0 Å². The summed E-state index contributed by atoms with van der Waals surface area (Å²) in [5, 5.41) is 12.0. The second kappa shape index (κ2) is 4.13. The topological polar surface area (TPSA) is 78.9 Å². The fraction of sp³-hybridized carbons (Fsp3) is 0.600. The molecule has 0 aromatic heterocycles. The summed E-state index contributed by atoms with van der Waals surface area (Å²) in [4.78, 5) is 22.5. The molecule has 1 heterocycles. The van der Waals surface area contributed by atoms with Crippen LogP contribution in [-0.4, -0.2) is 40.0 Å². The number of β-lactam (4-membered cyclic amide) rings is 1. The van der Waals surface area contributed by atoms with Gasteiger partial charge in [0.25, 0.3) is 5.91 Å². The van der Waals surface area contributed by atoms with E-state index in [-0.39, 0.29) is 0 Å². The molecule has 0 bridgehead atoms. The second-order valence-corrected chi connectivity index (χ2v) is 4.53. The van der Waals surface area contributed by atoms with Gasteiger partial charge in [-0.3, -0.25) is 10.0 Å². The van der Waals surface area contributed by atoms with Crippen molar-refractivity contribution in [1.82, 2.24) is 10.4 Å². The van der Waals surface area contributed by atoms with Crippen LogP contribution in [0, 0.1) is 0 Å². The number of alkyl carbamates (subject to hydrolysis) is 1. The number of carbonyl (C=O) groups is 2. The number of amides is 2. The van der Waals surface area contributed by atoms with Crippen molar-refractivity contribution >= 4 is 12.0 Å². The van der Waals surface area contributed by atoms with Crippen molar-refractivity contribution in [1.29, 1.82) is 0 Å². The Labute approximate surface area is 93.8 Å². The van der Waals surface area contributed by atoms with E-state index in [9.17, 15) is 9.59 Å². The monoisotopic (exact) mass is 228 g/mol. The number of hydroxylamine groups is 2. The Kier molecular flexibility index (Phi) is 3.23. The van der Waals surface area contributed by atoms with Crippen LogP contribution in [0.3, 0.4) is 0 Å². The lowest BCUT2D eigenvalue weighted by Gasteiger charge is -2.40. The van der Waals surface area contributed by atoms with Gasteiger partial charge < -0.3 is 10.1 Å². The zero-order valence-corrected chi connectivity index (χ0v) is 9.56. The van der Waals surface area contributed by atoms with Gasteiger partial charge in [0.2, 0.25) is 0 Å². The first-order valence-corrected chi connectivity index (χ1v) is 4.90. The summed E-state index contributed by atoms with van der Waals surface area (Å²) in [6, 6.07) is -1.39. The van der Waals surface area contributed by atoms with Crippen molar-refractivity contribution in [2.45, 2.75) is 38.5 Å². The maximum absolute atomic E-state index is 11.4. The molecule has 1 saturated heterocycles. The average molecular weight is 228 g/mol. The van der Waals surface area contributed by atoms with Crippen molar-refractivity contribution in [3.8, 4) is 0 Å². The Balaban J connectivity index is 2.52. The molecule has 1 aliphatic rings. The third-order valence-corrected chi connectivity index (χ3v) is 2.03. The molecule has 6 nitrogen and oxygen atoms in total. The zero-order valence-electron chi connectivity index (χ0n) is 9.56. The van der Waals surface area contributed by atoms with E-state index in [1.54, 1.807) is 20.8 Å². The van der Waals surface area contributed by atoms with Gasteiger partial charge in [-0.2, -0.15) is 0 Å². The van der Waals surface area contributed by atoms with E-state index in [0.29, 0.717) is 5.06 Å². The SMILES string of the molecule is C=CC1C(NC(=O)OC(C)(C)C)C(=O)N1O. The third-order valence-electron chi connectivity index (χ3n) is 2.03. The quantitative estimate of drug-likeness (QED) is 0.413. The van der Waals surface area contributed by atoms with Gasteiger partial charge in [-0.1, -0.05) is 6.08 Å². The van der Waals surface area contributed by atoms with E-state index >= 15 is 0 Å².